The quantitative estimate of drug-likeness (QED) is 0.656. The molecule has 4 rings (SSSR count). The van der Waals surface area contributed by atoms with Gasteiger partial charge in [0.05, 0.1) is 18.8 Å². The maximum absolute atomic E-state index is 12.8. The van der Waals surface area contributed by atoms with Gasteiger partial charge in [0.15, 0.2) is 0 Å². The molecule has 1 fully saturated rings. The predicted molar refractivity (Wildman–Crippen MR) is 103 cm³/mol. The fraction of sp³-hybridized carbons (Fsp3) is 0.300. The number of nitrogens with two attached hydrogens (primary N) is 1. The monoisotopic (exact) mass is 366 g/mol. The van der Waals surface area contributed by atoms with Crippen molar-refractivity contribution in [3.8, 4) is 5.75 Å². The summed E-state index contributed by atoms with van der Waals surface area (Å²) in [5, 5.41) is 9.69. The Morgan fingerprint density at radius 3 is 2.81 bits per heavy atom. The number of benzene rings is 2. The molecule has 2 atom stereocenters. The smallest absolute Gasteiger partial charge is 0.248 e. The Morgan fingerprint density at radius 1 is 1.22 bits per heavy atom. The van der Waals surface area contributed by atoms with E-state index in [2.05, 4.69) is 28.1 Å². The van der Waals surface area contributed by atoms with Gasteiger partial charge in [-0.25, -0.2) is 0 Å². The lowest BCUT2D eigenvalue weighted by Gasteiger charge is -2.22. The molecule has 1 saturated heterocycles. The fourth-order valence-corrected chi connectivity index (χ4v) is 4.01. The SMILES string of the molecule is COc1cc(C(N)=O)ccc1NC(=O)C1CC2(CNc3ccccc32)CN1. The summed E-state index contributed by atoms with van der Waals surface area (Å²) in [4.78, 5) is 24.1. The molecular formula is C20H22N4O3. The van der Waals surface area contributed by atoms with Crippen LogP contribution in [0.2, 0.25) is 0 Å². The number of anilines is 2. The lowest BCUT2D eigenvalue weighted by Crippen LogP contribution is -2.35. The Balaban J connectivity index is 1.50. The van der Waals surface area contributed by atoms with Crippen LogP contribution >= 0.6 is 0 Å². The lowest BCUT2D eigenvalue weighted by atomic mass is 9.80. The van der Waals surface area contributed by atoms with Crippen molar-refractivity contribution in [3.05, 3.63) is 53.6 Å². The Hall–Kier alpha value is -3.06. The summed E-state index contributed by atoms with van der Waals surface area (Å²) in [7, 11) is 1.49. The van der Waals surface area contributed by atoms with Crippen LogP contribution < -0.4 is 26.4 Å². The second-order valence-electron chi connectivity index (χ2n) is 7.09. The van der Waals surface area contributed by atoms with Gasteiger partial charge in [-0.05, 0) is 36.2 Å². The maximum Gasteiger partial charge on any atom is 0.248 e. The zero-order valence-electron chi connectivity index (χ0n) is 15.0. The van der Waals surface area contributed by atoms with Gasteiger partial charge >= 0.3 is 0 Å². The first-order valence-corrected chi connectivity index (χ1v) is 8.88. The van der Waals surface area contributed by atoms with E-state index in [-0.39, 0.29) is 17.4 Å². The minimum atomic E-state index is -0.544. The molecule has 2 aromatic carbocycles. The van der Waals surface area contributed by atoms with Crippen LogP contribution in [0.1, 0.15) is 22.3 Å². The normalized spacial score (nSPS) is 22.9. The number of hydrogen-bond acceptors (Lipinski definition) is 5. The molecule has 2 aromatic rings. The Labute approximate surface area is 157 Å². The van der Waals surface area contributed by atoms with E-state index in [1.807, 2.05) is 12.1 Å². The second kappa shape index (κ2) is 6.59. The number of rotatable bonds is 4. The maximum atomic E-state index is 12.8. The molecule has 2 aliphatic rings. The first-order chi connectivity index (χ1) is 13.0. The average molecular weight is 366 g/mol. The number of carbonyl (C=O) groups is 2. The molecular weight excluding hydrogens is 344 g/mol. The molecule has 0 saturated carbocycles. The zero-order chi connectivity index (χ0) is 19.0. The number of fused-ring (bicyclic) bond motifs is 2. The summed E-state index contributed by atoms with van der Waals surface area (Å²) in [6, 6.07) is 12.7. The Morgan fingerprint density at radius 2 is 2.04 bits per heavy atom. The third-order valence-electron chi connectivity index (χ3n) is 5.46. The summed E-state index contributed by atoms with van der Waals surface area (Å²) in [6.45, 7) is 1.56. The lowest BCUT2D eigenvalue weighted by molar-refractivity contribution is -0.117. The van der Waals surface area contributed by atoms with E-state index < -0.39 is 5.91 Å². The molecule has 2 amide bonds. The minimum absolute atomic E-state index is 0.0709. The Bertz CT molecular complexity index is 914. The summed E-state index contributed by atoms with van der Waals surface area (Å²) >= 11 is 0. The molecule has 2 heterocycles. The molecule has 0 radical (unpaired) electrons. The summed E-state index contributed by atoms with van der Waals surface area (Å²) < 4.78 is 5.29. The standard InChI is InChI=1S/C20H22N4O3/c1-27-17-8-12(18(21)25)6-7-15(17)24-19(26)16-9-20(11-23-16)10-22-14-5-3-2-4-13(14)20/h2-8,16,22-23H,9-11H2,1H3,(H2,21,25)(H,24,26). The predicted octanol–water partition coefficient (Wildman–Crippen LogP) is 1.46. The molecule has 7 heteroatoms. The highest BCUT2D eigenvalue weighted by molar-refractivity contribution is 5.98. The van der Waals surface area contributed by atoms with E-state index >= 15 is 0 Å². The first kappa shape index (κ1) is 17.4. The van der Waals surface area contributed by atoms with Crippen LogP contribution in [0.5, 0.6) is 5.75 Å². The van der Waals surface area contributed by atoms with Crippen LogP contribution in [-0.4, -0.2) is 38.1 Å². The highest BCUT2D eigenvalue weighted by Crippen LogP contribution is 2.42. The highest BCUT2D eigenvalue weighted by atomic mass is 16.5. The van der Waals surface area contributed by atoms with Crippen LogP contribution in [0.15, 0.2) is 42.5 Å². The van der Waals surface area contributed by atoms with Crippen molar-refractivity contribution >= 4 is 23.2 Å². The van der Waals surface area contributed by atoms with Gasteiger partial charge in [0, 0.05) is 29.8 Å². The second-order valence-corrected chi connectivity index (χ2v) is 7.09. The largest absolute Gasteiger partial charge is 0.495 e. The van der Waals surface area contributed by atoms with Gasteiger partial charge in [0.25, 0.3) is 0 Å². The van der Waals surface area contributed by atoms with Crippen molar-refractivity contribution in [2.75, 3.05) is 30.8 Å². The molecule has 140 valence electrons. The van der Waals surface area contributed by atoms with Gasteiger partial charge < -0.3 is 26.4 Å². The summed E-state index contributed by atoms with van der Waals surface area (Å²) in [5.74, 6) is -0.264. The molecule has 2 aliphatic heterocycles. The molecule has 7 nitrogen and oxygen atoms in total. The van der Waals surface area contributed by atoms with Crippen LogP contribution in [0.25, 0.3) is 0 Å². The molecule has 0 bridgehead atoms. The number of carbonyl (C=O) groups excluding carboxylic acids is 2. The molecule has 0 aromatic heterocycles. The van der Waals surface area contributed by atoms with Crippen molar-refractivity contribution in [1.29, 1.82) is 0 Å². The van der Waals surface area contributed by atoms with E-state index in [1.165, 1.54) is 18.7 Å². The van der Waals surface area contributed by atoms with Crippen LogP contribution in [0, 0.1) is 0 Å². The van der Waals surface area contributed by atoms with Gasteiger partial charge in [-0.2, -0.15) is 0 Å². The zero-order valence-corrected chi connectivity index (χ0v) is 15.0. The van der Waals surface area contributed by atoms with Crippen molar-refractivity contribution in [3.63, 3.8) is 0 Å². The summed E-state index contributed by atoms with van der Waals surface area (Å²) in [5.41, 5.74) is 8.47. The van der Waals surface area contributed by atoms with E-state index in [0.29, 0.717) is 23.4 Å². The fourth-order valence-electron chi connectivity index (χ4n) is 4.01. The van der Waals surface area contributed by atoms with Crippen LogP contribution in [-0.2, 0) is 10.2 Å². The average Bonchev–Trinajstić information content (AvgIpc) is 3.27. The number of nitrogens with one attached hydrogen (secondary N) is 3. The van der Waals surface area contributed by atoms with Gasteiger partial charge in [0.2, 0.25) is 11.8 Å². The van der Waals surface area contributed by atoms with Crippen molar-refractivity contribution in [2.24, 2.45) is 5.73 Å². The highest BCUT2D eigenvalue weighted by Gasteiger charge is 2.46. The molecule has 27 heavy (non-hydrogen) atoms. The van der Waals surface area contributed by atoms with Gasteiger partial charge in [0.1, 0.15) is 5.75 Å². The minimum Gasteiger partial charge on any atom is -0.495 e. The van der Waals surface area contributed by atoms with Gasteiger partial charge in [-0.3, -0.25) is 9.59 Å². The number of amides is 2. The molecule has 1 spiro atoms. The van der Waals surface area contributed by atoms with Crippen molar-refractivity contribution < 1.29 is 14.3 Å². The number of ether oxygens (including phenoxy) is 1. The van der Waals surface area contributed by atoms with Gasteiger partial charge in [-0.1, -0.05) is 18.2 Å². The van der Waals surface area contributed by atoms with E-state index in [4.69, 9.17) is 10.5 Å². The van der Waals surface area contributed by atoms with Gasteiger partial charge in [-0.15, -0.1) is 0 Å². The van der Waals surface area contributed by atoms with Crippen molar-refractivity contribution in [1.82, 2.24) is 5.32 Å². The van der Waals surface area contributed by atoms with Crippen LogP contribution in [0.4, 0.5) is 11.4 Å². The topological polar surface area (TPSA) is 105 Å². The number of hydrogen-bond donors (Lipinski definition) is 4. The third kappa shape index (κ3) is 3.00. The molecule has 0 aliphatic carbocycles. The van der Waals surface area contributed by atoms with E-state index in [1.54, 1.807) is 12.1 Å². The van der Waals surface area contributed by atoms with E-state index in [0.717, 1.165) is 18.8 Å². The molecule has 2 unspecified atom stereocenters. The number of primary amides is 1. The van der Waals surface area contributed by atoms with E-state index in [9.17, 15) is 9.59 Å². The Kier molecular flexibility index (Phi) is 4.24. The van der Waals surface area contributed by atoms with Crippen LogP contribution in [0.3, 0.4) is 0 Å². The number of para-hydroxylation sites is 1. The van der Waals surface area contributed by atoms with Crippen molar-refractivity contribution in [2.45, 2.75) is 17.9 Å². The first-order valence-electron chi connectivity index (χ1n) is 8.88. The number of methoxy groups -OCH3 is 1. The summed E-state index contributed by atoms with van der Waals surface area (Å²) in [6.07, 6.45) is 0.713. The molecule has 5 N–H and O–H groups in total. The third-order valence-corrected chi connectivity index (χ3v) is 5.46.